The fourth-order valence-corrected chi connectivity index (χ4v) is 2.15. The molecule has 1 heterocycles. The van der Waals surface area contributed by atoms with Gasteiger partial charge in [-0.3, -0.25) is 4.79 Å². The van der Waals surface area contributed by atoms with E-state index in [0.717, 1.165) is 5.69 Å². The molecular formula is C16H16N2O4. The molecule has 0 spiro atoms. The molecule has 6 heteroatoms. The summed E-state index contributed by atoms with van der Waals surface area (Å²) in [7, 11) is 1.59. The van der Waals surface area contributed by atoms with Crippen LogP contribution in [0.1, 0.15) is 0 Å². The second-order valence-electron chi connectivity index (χ2n) is 4.67. The topological polar surface area (TPSA) is 68.8 Å². The van der Waals surface area contributed by atoms with Crippen molar-refractivity contribution in [1.29, 1.82) is 0 Å². The molecule has 0 saturated heterocycles. The summed E-state index contributed by atoms with van der Waals surface area (Å²) in [5.41, 5.74) is 1.43. The van der Waals surface area contributed by atoms with E-state index in [9.17, 15) is 4.79 Å². The third-order valence-corrected chi connectivity index (χ3v) is 3.20. The Hall–Kier alpha value is -2.89. The molecule has 0 aromatic heterocycles. The summed E-state index contributed by atoms with van der Waals surface area (Å²) in [6.45, 7) is 0.344. The van der Waals surface area contributed by atoms with Gasteiger partial charge in [-0.25, -0.2) is 0 Å². The Morgan fingerprint density at radius 1 is 1.18 bits per heavy atom. The standard InChI is InChI=1S/C16H16N2O4/c1-20-13-5-3-2-4-12(13)17-9-16(19)18-11-6-7-14-15(8-11)22-10-21-14/h2-8,17H,9-10H2,1H3,(H,18,19). The van der Waals surface area contributed by atoms with Gasteiger partial charge in [0, 0.05) is 11.8 Å². The average molecular weight is 300 g/mol. The molecule has 1 aliphatic rings. The number of carbonyl (C=O) groups excluding carboxylic acids is 1. The van der Waals surface area contributed by atoms with Gasteiger partial charge in [-0.2, -0.15) is 0 Å². The molecule has 2 N–H and O–H groups in total. The summed E-state index contributed by atoms with van der Waals surface area (Å²) >= 11 is 0. The highest BCUT2D eigenvalue weighted by Gasteiger charge is 2.14. The number of hydrogen-bond acceptors (Lipinski definition) is 5. The fourth-order valence-electron chi connectivity index (χ4n) is 2.15. The Morgan fingerprint density at radius 2 is 2.00 bits per heavy atom. The van der Waals surface area contributed by atoms with Crippen molar-refractivity contribution in [3.05, 3.63) is 42.5 Å². The predicted octanol–water partition coefficient (Wildman–Crippen LogP) is 2.47. The lowest BCUT2D eigenvalue weighted by Crippen LogP contribution is -2.21. The summed E-state index contributed by atoms with van der Waals surface area (Å²) in [5.74, 6) is 1.85. The zero-order chi connectivity index (χ0) is 15.4. The largest absolute Gasteiger partial charge is 0.495 e. The van der Waals surface area contributed by atoms with Gasteiger partial charge < -0.3 is 24.8 Å². The molecule has 0 saturated carbocycles. The smallest absolute Gasteiger partial charge is 0.243 e. The van der Waals surface area contributed by atoms with Crippen molar-refractivity contribution in [3.8, 4) is 17.2 Å². The van der Waals surface area contributed by atoms with E-state index in [4.69, 9.17) is 14.2 Å². The van der Waals surface area contributed by atoms with Crippen LogP contribution < -0.4 is 24.8 Å². The number of anilines is 2. The number of benzene rings is 2. The van der Waals surface area contributed by atoms with Gasteiger partial charge in [-0.1, -0.05) is 12.1 Å². The zero-order valence-electron chi connectivity index (χ0n) is 12.1. The maximum Gasteiger partial charge on any atom is 0.243 e. The Morgan fingerprint density at radius 3 is 2.86 bits per heavy atom. The average Bonchev–Trinajstić information content (AvgIpc) is 3.01. The fraction of sp³-hybridized carbons (Fsp3) is 0.188. The van der Waals surface area contributed by atoms with Gasteiger partial charge in [0.2, 0.25) is 12.7 Å². The van der Waals surface area contributed by atoms with E-state index >= 15 is 0 Å². The van der Waals surface area contributed by atoms with E-state index in [0.29, 0.717) is 22.9 Å². The predicted molar refractivity (Wildman–Crippen MR) is 82.7 cm³/mol. The monoisotopic (exact) mass is 300 g/mol. The summed E-state index contributed by atoms with van der Waals surface area (Å²) in [5, 5.41) is 5.85. The van der Waals surface area contributed by atoms with Crippen LogP contribution in [-0.4, -0.2) is 26.4 Å². The highest BCUT2D eigenvalue weighted by Crippen LogP contribution is 2.34. The minimum absolute atomic E-state index is 0.134. The van der Waals surface area contributed by atoms with Crippen LogP contribution in [0.4, 0.5) is 11.4 Å². The minimum atomic E-state index is -0.162. The van der Waals surface area contributed by atoms with Gasteiger partial charge in [0.1, 0.15) is 5.75 Å². The van der Waals surface area contributed by atoms with E-state index in [1.807, 2.05) is 24.3 Å². The molecule has 22 heavy (non-hydrogen) atoms. The molecule has 1 aliphatic heterocycles. The maximum absolute atomic E-state index is 12.0. The molecule has 2 aromatic rings. The first-order valence-electron chi connectivity index (χ1n) is 6.82. The molecule has 0 radical (unpaired) electrons. The lowest BCUT2D eigenvalue weighted by Gasteiger charge is -2.11. The lowest BCUT2D eigenvalue weighted by molar-refractivity contribution is -0.114. The van der Waals surface area contributed by atoms with Crippen LogP contribution in [0.3, 0.4) is 0 Å². The van der Waals surface area contributed by atoms with Gasteiger partial charge in [0.25, 0.3) is 0 Å². The first-order valence-corrected chi connectivity index (χ1v) is 6.82. The van der Waals surface area contributed by atoms with Crippen LogP contribution in [0.15, 0.2) is 42.5 Å². The number of carbonyl (C=O) groups is 1. The minimum Gasteiger partial charge on any atom is -0.495 e. The van der Waals surface area contributed by atoms with Crippen molar-refractivity contribution in [2.24, 2.45) is 0 Å². The second-order valence-corrected chi connectivity index (χ2v) is 4.67. The van der Waals surface area contributed by atoms with Crippen LogP contribution in [-0.2, 0) is 4.79 Å². The summed E-state index contributed by atoms with van der Waals surface area (Å²) in [4.78, 5) is 12.0. The second kappa shape index (κ2) is 6.26. The normalized spacial score (nSPS) is 11.9. The SMILES string of the molecule is COc1ccccc1NCC(=O)Nc1ccc2c(c1)OCO2. The Bertz CT molecular complexity index is 688. The van der Waals surface area contributed by atoms with Crippen LogP contribution in [0.2, 0.25) is 0 Å². The molecule has 3 rings (SSSR count). The van der Waals surface area contributed by atoms with Crippen molar-refractivity contribution >= 4 is 17.3 Å². The van der Waals surface area contributed by atoms with E-state index in [2.05, 4.69) is 10.6 Å². The highest BCUT2D eigenvalue weighted by molar-refractivity contribution is 5.94. The van der Waals surface area contributed by atoms with Gasteiger partial charge in [-0.05, 0) is 24.3 Å². The molecule has 2 aromatic carbocycles. The van der Waals surface area contributed by atoms with Crippen molar-refractivity contribution in [2.75, 3.05) is 31.1 Å². The van der Waals surface area contributed by atoms with Crippen molar-refractivity contribution < 1.29 is 19.0 Å². The number of fused-ring (bicyclic) bond motifs is 1. The third kappa shape index (κ3) is 3.06. The molecule has 0 fully saturated rings. The van der Waals surface area contributed by atoms with Crippen molar-refractivity contribution in [1.82, 2.24) is 0 Å². The first-order chi connectivity index (χ1) is 10.8. The van der Waals surface area contributed by atoms with Crippen LogP contribution in [0.5, 0.6) is 17.2 Å². The first kappa shape index (κ1) is 14.1. The van der Waals surface area contributed by atoms with Gasteiger partial charge in [-0.15, -0.1) is 0 Å². The number of para-hydroxylation sites is 2. The van der Waals surface area contributed by atoms with Crippen molar-refractivity contribution in [2.45, 2.75) is 0 Å². The van der Waals surface area contributed by atoms with E-state index < -0.39 is 0 Å². The number of amides is 1. The van der Waals surface area contributed by atoms with Crippen LogP contribution >= 0.6 is 0 Å². The molecule has 0 atom stereocenters. The van der Waals surface area contributed by atoms with E-state index in [1.54, 1.807) is 25.3 Å². The summed E-state index contributed by atoms with van der Waals surface area (Å²) in [6.07, 6.45) is 0. The Balaban J connectivity index is 1.58. The number of nitrogens with one attached hydrogen (secondary N) is 2. The van der Waals surface area contributed by atoms with Gasteiger partial charge in [0.05, 0.1) is 19.3 Å². The molecule has 114 valence electrons. The molecule has 0 aliphatic carbocycles. The highest BCUT2D eigenvalue weighted by atomic mass is 16.7. The van der Waals surface area contributed by atoms with E-state index in [1.165, 1.54) is 0 Å². The molecule has 6 nitrogen and oxygen atoms in total. The molecular weight excluding hydrogens is 284 g/mol. The number of rotatable bonds is 5. The number of hydrogen-bond donors (Lipinski definition) is 2. The Kier molecular flexibility index (Phi) is 4.00. The summed E-state index contributed by atoms with van der Waals surface area (Å²) in [6, 6.07) is 12.7. The molecule has 0 unspecified atom stereocenters. The van der Waals surface area contributed by atoms with E-state index in [-0.39, 0.29) is 19.2 Å². The van der Waals surface area contributed by atoms with Gasteiger partial charge in [0.15, 0.2) is 11.5 Å². The third-order valence-electron chi connectivity index (χ3n) is 3.20. The van der Waals surface area contributed by atoms with Crippen LogP contribution in [0.25, 0.3) is 0 Å². The summed E-state index contributed by atoms with van der Waals surface area (Å²) < 4.78 is 15.7. The number of methoxy groups -OCH3 is 1. The zero-order valence-corrected chi connectivity index (χ0v) is 12.1. The molecule has 0 bridgehead atoms. The lowest BCUT2D eigenvalue weighted by atomic mass is 10.2. The van der Waals surface area contributed by atoms with Crippen LogP contribution in [0, 0.1) is 0 Å². The van der Waals surface area contributed by atoms with Crippen molar-refractivity contribution in [3.63, 3.8) is 0 Å². The maximum atomic E-state index is 12.0. The number of ether oxygens (including phenoxy) is 3. The van der Waals surface area contributed by atoms with Gasteiger partial charge >= 0.3 is 0 Å². The molecule has 1 amide bonds. The Labute approximate surface area is 128 Å². The quantitative estimate of drug-likeness (QED) is 0.888.